The van der Waals surface area contributed by atoms with E-state index in [4.69, 9.17) is 9.47 Å². The summed E-state index contributed by atoms with van der Waals surface area (Å²) in [7, 11) is 4.12. The Hall–Kier alpha value is -2.96. The lowest BCUT2D eigenvalue weighted by Crippen LogP contribution is -2.72. The number of carbonyl (C=O) groups is 2. The summed E-state index contributed by atoms with van der Waals surface area (Å²) in [5, 5.41) is 3.39. The third kappa shape index (κ3) is 6.84. The zero-order chi connectivity index (χ0) is 28.6. The molecule has 1 aliphatic heterocycles. The molecule has 1 saturated carbocycles. The summed E-state index contributed by atoms with van der Waals surface area (Å²) in [5.74, 6) is 0.366. The molecule has 0 aromatic heterocycles. The van der Waals surface area contributed by atoms with E-state index in [-0.39, 0.29) is 23.3 Å². The van der Waals surface area contributed by atoms with Gasteiger partial charge in [-0.3, -0.25) is 9.59 Å². The maximum absolute atomic E-state index is 13.0. The normalized spacial score (nSPS) is 27.8. The summed E-state index contributed by atoms with van der Waals surface area (Å²) in [5.41, 5.74) is 1.78. The first-order chi connectivity index (χ1) is 19.2. The van der Waals surface area contributed by atoms with Gasteiger partial charge in [0, 0.05) is 38.3 Å². The molecule has 6 heteroatoms. The van der Waals surface area contributed by atoms with Gasteiger partial charge in [-0.15, -0.1) is 0 Å². The maximum atomic E-state index is 13.0. The van der Waals surface area contributed by atoms with Gasteiger partial charge in [0.05, 0.1) is 20.1 Å². The number of aryl methyl sites for hydroxylation is 1. The van der Waals surface area contributed by atoms with Gasteiger partial charge in [0.25, 0.3) is 0 Å². The van der Waals surface area contributed by atoms with Gasteiger partial charge in [-0.2, -0.15) is 0 Å². The number of amides is 1. The molecule has 1 aliphatic carbocycles. The van der Waals surface area contributed by atoms with Gasteiger partial charge in [-0.05, 0) is 67.9 Å². The first-order valence-electron chi connectivity index (χ1n) is 14.8. The molecular weight excluding hydrogens is 500 g/mol. The molecule has 1 saturated heterocycles. The number of benzene rings is 2. The maximum Gasteiger partial charge on any atom is 0.308 e. The number of unbranched alkanes of at least 4 members (excludes halogenated alkanes) is 2. The van der Waals surface area contributed by atoms with Crippen molar-refractivity contribution in [1.82, 2.24) is 5.32 Å². The van der Waals surface area contributed by atoms with Crippen LogP contribution in [0, 0.1) is 0 Å². The van der Waals surface area contributed by atoms with Crippen LogP contribution in [0.3, 0.4) is 0 Å². The monoisotopic (exact) mass is 547 g/mol. The van der Waals surface area contributed by atoms with Crippen molar-refractivity contribution < 1.29 is 23.5 Å². The lowest BCUT2D eigenvalue weighted by molar-refractivity contribution is -0.918. The summed E-state index contributed by atoms with van der Waals surface area (Å²) < 4.78 is 12.9. The number of fused-ring (bicyclic) bond motifs is 1. The Kier molecular flexibility index (Phi) is 9.85. The average molecular weight is 548 g/mol. The van der Waals surface area contributed by atoms with E-state index in [1.165, 1.54) is 12.5 Å². The minimum Gasteiger partial charge on any atom is -0.427 e. The standard InChI is InChI=1S/C34H46N2O4/c1-5-22-36(3)23-21-33(29-16-12-17-31(24-29)40-27(2)37)25-30(19-20-34(33,26-36)39-4)35-32(38)18-11-7-10-15-28-13-8-6-9-14-28/h5-6,8-9,12-14,16-17,24,30H,1,7,10-11,15,18-23,25-26H2,2-4H3/p+1/t30-,33+,34?,36+/m1/s1. The van der Waals surface area contributed by atoms with Gasteiger partial charge in [0.2, 0.25) is 5.91 Å². The largest absolute Gasteiger partial charge is 0.427 e. The summed E-state index contributed by atoms with van der Waals surface area (Å²) >= 11 is 0. The summed E-state index contributed by atoms with van der Waals surface area (Å²) in [4.78, 5) is 24.8. The van der Waals surface area contributed by atoms with Crippen molar-refractivity contribution >= 4 is 11.9 Å². The molecule has 1 unspecified atom stereocenters. The van der Waals surface area contributed by atoms with Crippen LogP contribution in [0.4, 0.5) is 0 Å². The second-order valence-electron chi connectivity index (χ2n) is 12.2. The molecule has 2 aromatic rings. The zero-order valence-corrected chi connectivity index (χ0v) is 24.6. The highest BCUT2D eigenvalue weighted by Crippen LogP contribution is 2.54. The fourth-order valence-corrected chi connectivity index (χ4v) is 7.31. The van der Waals surface area contributed by atoms with Gasteiger partial charge < -0.3 is 19.3 Å². The number of ether oxygens (including phenoxy) is 2. The Labute approximate surface area is 240 Å². The minimum absolute atomic E-state index is 0.0775. The molecule has 1 heterocycles. The number of likely N-dealkylation sites (tertiary alicyclic amines) is 1. The topological polar surface area (TPSA) is 64.6 Å². The lowest BCUT2D eigenvalue weighted by Gasteiger charge is -2.61. The highest BCUT2D eigenvalue weighted by molar-refractivity contribution is 5.76. The predicted molar refractivity (Wildman–Crippen MR) is 159 cm³/mol. The highest BCUT2D eigenvalue weighted by atomic mass is 16.5. The number of methoxy groups -OCH3 is 1. The van der Waals surface area contributed by atoms with E-state index >= 15 is 0 Å². The fraction of sp³-hybridized carbons (Fsp3) is 0.529. The van der Waals surface area contributed by atoms with Gasteiger partial charge in [0.15, 0.2) is 0 Å². The Morgan fingerprint density at radius 3 is 2.62 bits per heavy atom. The van der Waals surface area contributed by atoms with E-state index in [1.807, 2.05) is 37.5 Å². The summed E-state index contributed by atoms with van der Waals surface area (Å²) in [6.07, 6.45) is 10.1. The van der Waals surface area contributed by atoms with Gasteiger partial charge in [-0.1, -0.05) is 55.5 Å². The predicted octanol–water partition coefficient (Wildman–Crippen LogP) is 5.74. The lowest BCUT2D eigenvalue weighted by atomic mass is 9.54. The van der Waals surface area contributed by atoms with Gasteiger partial charge in [-0.25, -0.2) is 0 Å². The van der Waals surface area contributed by atoms with E-state index in [9.17, 15) is 9.59 Å². The van der Waals surface area contributed by atoms with Crippen LogP contribution in [0.1, 0.15) is 69.4 Å². The Bertz CT molecular complexity index is 1170. The van der Waals surface area contributed by atoms with Crippen molar-refractivity contribution in [3.63, 3.8) is 0 Å². The van der Waals surface area contributed by atoms with E-state index in [0.717, 1.165) is 81.0 Å². The molecule has 216 valence electrons. The van der Waals surface area contributed by atoms with Gasteiger partial charge in [0.1, 0.15) is 17.9 Å². The van der Waals surface area contributed by atoms with E-state index in [2.05, 4.69) is 49.3 Å². The van der Waals surface area contributed by atoms with Crippen LogP contribution in [0.2, 0.25) is 0 Å². The Balaban J connectivity index is 1.47. The third-order valence-electron chi connectivity index (χ3n) is 9.27. The van der Waals surface area contributed by atoms with Crippen LogP contribution in [-0.2, 0) is 26.2 Å². The van der Waals surface area contributed by atoms with Crippen molar-refractivity contribution in [1.29, 1.82) is 0 Å². The van der Waals surface area contributed by atoms with Crippen LogP contribution in [-0.4, -0.2) is 61.8 Å². The number of piperidine rings is 1. The first-order valence-corrected chi connectivity index (χ1v) is 14.8. The van der Waals surface area contributed by atoms with Crippen LogP contribution < -0.4 is 10.1 Å². The summed E-state index contributed by atoms with van der Waals surface area (Å²) in [6, 6.07) is 18.6. The number of hydrogen-bond acceptors (Lipinski definition) is 4. The molecule has 2 aromatic carbocycles. The molecular formula is C34H47N2O4+. The van der Waals surface area contributed by atoms with Crippen LogP contribution in [0.25, 0.3) is 0 Å². The minimum atomic E-state index is -0.392. The second-order valence-corrected chi connectivity index (χ2v) is 12.2. The van der Waals surface area contributed by atoms with Crippen molar-refractivity contribution in [3.8, 4) is 5.75 Å². The summed E-state index contributed by atoms with van der Waals surface area (Å²) in [6.45, 7) is 8.18. The smallest absolute Gasteiger partial charge is 0.308 e. The van der Waals surface area contributed by atoms with Crippen molar-refractivity contribution in [3.05, 3.63) is 78.4 Å². The SMILES string of the molecule is C=CC[N@@+]1(C)CC[C@@]2(c3cccc(OC(C)=O)c3)C[C@H](NC(=O)CCCCCc3ccccc3)CCC2(OC)C1. The fourth-order valence-electron chi connectivity index (χ4n) is 7.31. The first kappa shape index (κ1) is 30.0. The van der Waals surface area contributed by atoms with Crippen molar-refractivity contribution in [2.45, 2.75) is 81.8 Å². The van der Waals surface area contributed by atoms with Crippen molar-refractivity contribution in [2.75, 3.05) is 33.8 Å². The van der Waals surface area contributed by atoms with Crippen molar-refractivity contribution in [2.24, 2.45) is 0 Å². The van der Waals surface area contributed by atoms with Crippen LogP contribution >= 0.6 is 0 Å². The Morgan fingerprint density at radius 1 is 1.10 bits per heavy atom. The molecule has 6 nitrogen and oxygen atoms in total. The number of hydrogen-bond donors (Lipinski definition) is 1. The zero-order valence-electron chi connectivity index (χ0n) is 24.6. The van der Waals surface area contributed by atoms with Crippen LogP contribution in [0.5, 0.6) is 5.75 Å². The molecule has 4 atom stereocenters. The van der Waals surface area contributed by atoms with Crippen LogP contribution in [0.15, 0.2) is 67.3 Å². The number of carbonyl (C=O) groups excluding carboxylic acids is 2. The number of esters is 1. The molecule has 0 radical (unpaired) electrons. The Morgan fingerprint density at radius 2 is 1.90 bits per heavy atom. The molecule has 2 aliphatic rings. The highest BCUT2D eigenvalue weighted by Gasteiger charge is 2.62. The van der Waals surface area contributed by atoms with Gasteiger partial charge >= 0.3 is 5.97 Å². The van der Waals surface area contributed by atoms with E-state index < -0.39 is 5.60 Å². The molecule has 0 spiro atoms. The molecule has 0 bridgehead atoms. The third-order valence-corrected chi connectivity index (χ3v) is 9.27. The molecule has 40 heavy (non-hydrogen) atoms. The quantitative estimate of drug-likeness (QED) is 0.121. The number of quaternary nitrogens is 1. The molecule has 1 N–H and O–H groups in total. The molecule has 4 rings (SSSR count). The second kappa shape index (κ2) is 13.1. The number of rotatable bonds is 12. The number of nitrogens with zero attached hydrogens (tertiary/aromatic N) is 1. The number of nitrogens with one attached hydrogen (secondary N) is 1. The van der Waals surface area contributed by atoms with E-state index in [0.29, 0.717) is 12.2 Å². The van der Waals surface area contributed by atoms with E-state index in [1.54, 1.807) is 0 Å². The molecule has 1 amide bonds. The molecule has 2 fully saturated rings. The number of likely N-dealkylation sites (N-methyl/N-ethyl adjacent to an activating group) is 1. The average Bonchev–Trinajstić information content (AvgIpc) is 2.93.